The summed E-state index contributed by atoms with van der Waals surface area (Å²) in [5.74, 6) is 2.30. The first kappa shape index (κ1) is 20.4. The summed E-state index contributed by atoms with van der Waals surface area (Å²) in [6.07, 6.45) is 0.926. The van der Waals surface area contributed by atoms with Crippen LogP contribution in [0.15, 0.2) is 52.1 Å². The summed E-state index contributed by atoms with van der Waals surface area (Å²) in [5.41, 5.74) is 1.45. The number of benzene rings is 2. The highest BCUT2D eigenvalue weighted by Gasteiger charge is 2.14. The normalized spacial score (nSPS) is 10.7. The highest BCUT2D eigenvalue weighted by atomic mass is 79.9. The zero-order chi connectivity index (χ0) is 19.9. The van der Waals surface area contributed by atoms with E-state index in [1.807, 2.05) is 24.3 Å². The Kier molecular flexibility index (Phi) is 7.11. The summed E-state index contributed by atoms with van der Waals surface area (Å²) in [5, 5.41) is 7.66. The van der Waals surface area contributed by atoms with Gasteiger partial charge in [-0.05, 0) is 52.7 Å². The van der Waals surface area contributed by atoms with E-state index >= 15 is 0 Å². The third-order valence-electron chi connectivity index (χ3n) is 3.87. The summed E-state index contributed by atoms with van der Waals surface area (Å²) >= 11 is 4.69. The van der Waals surface area contributed by atoms with E-state index in [1.54, 1.807) is 25.3 Å². The molecule has 2 aromatic carbocycles. The minimum Gasteiger partial charge on any atom is -0.496 e. The average Bonchev–Trinajstić information content (AvgIpc) is 3.19. The van der Waals surface area contributed by atoms with Crippen molar-refractivity contribution in [3.05, 3.63) is 52.5 Å². The van der Waals surface area contributed by atoms with Crippen LogP contribution in [0, 0.1) is 0 Å². The van der Waals surface area contributed by atoms with Crippen molar-refractivity contribution in [2.45, 2.75) is 18.5 Å². The van der Waals surface area contributed by atoms with E-state index in [4.69, 9.17) is 9.47 Å². The molecule has 1 N–H and O–H groups in total. The molecule has 0 spiro atoms. The molecule has 3 rings (SSSR count). The second kappa shape index (κ2) is 9.75. The van der Waals surface area contributed by atoms with E-state index in [1.165, 1.54) is 11.8 Å². The Labute approximate surface area is 176 Å². The van der Waals surface area contributed by atoms with Gasteiger partial charge in [-0.1, -0.05) is 30.8 Å². The number of nitrogens with zero attached hydrogens (tertiary/aromatic N) is 2. The molecule has 1 heterocycles. The van der Waals surface area contributed by atoms with Gasteiger partial charge in [-0.2, -0.15) is 0 Å². The van der Waals surface area contributed by atoms with E-state index in [2.05, 4.69) is 38.0 Å². The SMILES string of the molecule is CCCOc1ccccc1-c1nc(SCC(=O)c2ccc(OC)c(Br)c2)n[nH]1. The van der Waals surface area contributed by atoms with Crippen LogP contribution in [0.5, 0.6) is 11.5 Å². The molecule has 0 fully saturated rings. The lowest BCUT2D eigenvalue weighted by atomic mass is 10.1. The van der Waals surface area contributed by atoms with Gasteiger partial charge in [-0.15, -0.1) is 5.10 Å². The lowest BCUT2D eigenvalue weighted by Gasteiger charge is -2.08. The van der Waals surface area contributed by atoms with Crippen molar-refractivity contribution in [3.8, 4) is 22.9 Å². The van der Waals surface area contributed by atoms with E-state index < -0.39 is 0 Å². The fraction of sp³-hybridized carbons (Fsp3) is 0.250. The first-order valence-electron chi connectivity index (χ1n) is 8.76. The summed E-state index contributed by atoms with van der Waals surface area (Å²) in [4.78, 5) is 16.9. The van der Waals surface area contributed by atoms with E-state index in [9.17, 15) is 4.79 Å². The number of para-hydroxylation sites is 1. The molecular weight excluding hydrogens is 442 g/mol. The van der Waals surface area contributed by atoms with Crippen molar-refractivity contribution in [3.63, 3.8) is 0 Å². The van der Waals surface area contributed by atoms with Crippen LogP contribution in [-0.4, -0.2) is 40.4 Å². The van der Waals surface area contributed by atoms with Gasteiger partial charge >= 0.3 is 0 Å². The number of aromatic nitrogens is 3. The maximum atomic E-state index is 12.5. The quantitative estimate of drug-likeness (QED) is 0.356. The molecule has 0 amide bonds. The number of methoxy groups -OCH3 is 1. The molecule has 0 aliphatic carbocycles. The molecular formula is C20H20BrN3O3S. The Morgan fingerprint density at radius 1 is 1.21 bits per heavy atom. The van der Waals surface area contributed by atoms with Gasteiger partial charge in [0.25, 0.3) is 0 Å². The molecule has 0 radical (unpaired) electrons. The number of thioether (sulfide) groups is 1. The first-order chi connectivity index (χ1) is 13.6. The number of aromatic amines is 1. The number of ether oxygens (including phenoxy) is 2. The van der Waals surface area contributed by atoms with Crippen LogP contribution in [0.25, 0.3) is 11.4 Å². The topological polar surface area (TPSA) is 77.1 Å². The lowest BCUT2D eigenvalue weighted by Crippen LogP contribution is -2.03. The first-order valence-corrected chi connectivity index (χ1v) is 10.5. The van der Waals surface area contributed by atoms with Gasteiger partial charge in [-0.3, -0.25) is 9.89 Å². The van der Waals surface area contributed by atoms with Crippen molar-refractivity contribution in [1.29, 1.82) is 0 Å². The summed E-state index contributed by atoms with van der Waals surface area (Å²) in [6, 6.07) is 13.0. The Balaban J connectivity index is 1.67. The van der Waals surface area contributed by atoms with Gasteiger partial charge in [0.05, 0.1) is 29.5 Å². The molecule has 0 aliphatic heterocycles. The maximum Gasteiger partial charge on any atom is 0.209 e. The second-order valence-corrected chi connectivity index (χ2v) is 7.67. The predicted octanol–water partition coefficient (Wildman–Crippen LogP) is 5.01. The molecule has 6 nitrogen and oxygen atoms in total. The summed E-state index contributed by atoms with van der Waals surface area (Å²) in [6.45, 7) is 2.70. The Bertz CT molecular complexity index is 961. The van der Waals surface area contributed by atoms with Crippen LogP contribution in [0.2, 0.25) is 0 Å². The standard InChI is InChI=1S/C20H20BrN3O3S/c1-3-10-27-17-7-5-4-6-14(17)19-22-20(24-23-19)28-12-16(25)13-8-9-18(26-2)15(21)11-13/h4-9,11H,3,10,12H2,1-2H3,(H,22,23,24). The van der Waals surface area contributed by atoms with Gasteiger partial charge in [0.2, 0.25) is 5.16 Å². The number of nitrogens with one attached hydrogen (secondary N) is 1. The van der Waals surface area contributed by atoms with Gasteiger partial charge in [0.15, 0.2) is 11.6 Å². The van der Waals surface area contributed by atoms with Crippen LogP contribution in [0.3, 0.4) is 0 Å². The number of rotatable bonds is 9. The van der Waals surface area contributed by atoms with Gasteiger partial charge < -0.3 is 9.47 Å². The minimum absolute atomic E-state index is 0.00798. The van der Waals surface area contributed by atoms with Gasteiger partial charge in [0.1, 0.15) is 11.5 Å². The Hall–Kier alpha value is -2.32. The van der Waals surface area contributed by atoms with Crippen LogP contribution in [0.4, 0.5) is 0 Å². The maximum absolute atomic E-state index is 12.5. The molecule has 1 aromatic heterocycles. The largest absolute Gasteiger partial charge is 0.496 e. The molecule has 0 unspecified atom stereocenters. The number of ketones is 1. The monoisotopic (exact) mass is 461 g/mol. The van der Waals surface area contributed by atoms with Crippen molar-refractivity contribution in [2.75, 3.05) is 19.5 Å². The molecule has 0 atom stereocenters. The van der Waals surface area contributed by atoms with Crippen LogP contribution < -0.4 is 9.47 Å². The second-order valence-electron chi connectivity index (χ2n) is 5.87. The Morgan fingerprint density at radius 2 is 2.04 bits per heavy atom. The number of Topliss-reactive ketones (excluding diaryl/α,β-unsaturated/α-hetero) is 1. The Morgan fingerprint density at radius 3 is 2.79 bits per heavy atom. The van der Waals surface area contributed by atoms with Crippen molar-refractivity contribution < 1.29 is 14.3 Å². The highest BCUT2D eigenvalue weighted by molar-refractivity contribution is 9.10. The number of H-pyrrole nitrogens is 1. The fourth-order valence-electron chi connectivity index (χ4n) is 2.48. The number of carbonyl (C=O) groups excluding carboxylic acids is 1. The number of carbonyl (C=O) groups is 1. The van der Waals surface area contributed by atoms with Gasteiger partial charge in [0, 0.05) is 5.56 Å². The molecule has 146 valence electrons. The van der Waals surface area contributed by atoms with E-state index in [0.29, 0.717) is 28.9 Å². The molecule has 3 aromatic rings. The number of halogens is 1. The van der Waals surface area contributed by atoms with Crippen LogP contribution >= 0.6 is 27.7 Å². The highest BCUT2D eigenvalue weighted by Crippen LogP contribution is 2.29. The van der Waals surface area contributed by atoms with Crippen LogP contribution in [-0.2, 0) is 0 Å². The smallest absolute Gasteiger partial charge is 0.209 e. The van der Waals surface area contributed by atoms with Gasteiger partial charge in [-0.25, -0.2) is 4.98 Å². The van der Waals surface area contributed by atoms with Crippen molar-refractivity contribution >= 4 is 33.5 Å². The third kappa shape index (κ3) is 4.94. The van der Waals surface area contributed by atoms with E-state index in [0.717, 1.165) is 22.2 Å². The zero-order valence-electron chi connectivity index (χ0n) is 15.6. The average molecular weight is 462 g/mol. The third-order valence-corrected chi connectivity index (χ3v) is 5.34. The number of hydrogen-bond acceptors (Lipinski definition) is 6. The van der Waals surface area contributed by atoms with Crippen molar-refractivity contribution in [2.24, 2.45) is 0 Å². The molecule has 0 aliphatic rings. The molecule has 0 bridgehead atoms. The van der Waals surface area contributed by atoms with Crippen LogP contribution in [0.1, 0.15) is 23.7 Å². The summed E-state index contributed by atoms with van der Waals surface area (Å²) < 4.78 is 11.7. The lowest BCUT2D eigenvalue weighted by molar-refractivity contribution is 0.102. The molecule has 0 saturated heterocycles. The summed E-state index contributed by atoms with van der Waals surface area (Å²) in [7, 11) is 1.59. The molecule has 8 heteroatoms. The zero-order valence-corrected chi connectivity index (χ0v) is 18.0. The van der Waals surface area contributed by atoms with Crippen molar-refractivity contribution in [1.82, 2.24) is 15.2 Å². The number of hydrogen-bond donors (Lipinski definition) is 1. The van der Waals surface area contributed by atoms with E-state index in [-0.39, 0.29) is 11.5 Å². The fourth-order valence-corrected chi connectivity index (χ4v) is 3.72. The molecule has 0 saturated carbocycles. The molecule has 28 heavy (non-hydrogen) atoms. The predicted molar refractivity (Wildman–Crippen MR) is 113 cm³/mol. The minimum atomic E-state index is -0.00798.